The largest absolute Gasteiger partial charge is 0.482 e. The summed E-state index contributed by atoms with van der Waals surface area (Å²) in [7, 11) is 0. The lowest BCUT2D eigenvalue weighted by molar-refractivity contribution is -0.117. The molecule has 45 heavy (non-hydrogen) atoms. The van der Waals surface area contributed by atoms with Gasteiger partial charge >= 0.3 is 5.97 Å². The molecule has 10 nitrogen and oxygen atoms in total. The number of aromatic nitrogens is 3. The first-order valence-corrected chi connectivity index (χ1v) is 15.0. The first-order valence-electron chi connectivity index (χ1n) is 14.1. The molecular weight excluding hydrogens is 597 g/mol. The van der Waals surface area contributed by atoms with Crippen LogP contribution in [0.5, 0.6) is 17.2 Å². The van der Waals surface area contributed by atoms with Crippen LogP contribution in [0.2, 0.25) is 0 Å². The number of nitrogens with zero attached hydrogens (tertiary/aromatic N) is 3. The number of rotatable bonds is 10. The van der Waals surface area contributed by atoms with Crippen molar-refractivity contribution in [1.82, 2.24) is 20.3 Å². The molecule has 0 saturated carbocycles. The Bertz CT molecular complexity index is 1840. The second-order valence-corrected chi connectivity index (χ2v) is 11.5. The van der Waals surface area contributed by atoms with Crippen LogP contribution in [0.25, 0.3) is 11.1 Å². The molecule has 3 heterocycles. The van der Waals surface area contributed by atoms with Gasteiger partial charge in [0.15, 0.2) is 22.5 Å². The van der Waals surface area contributed by atoms with Crippen LogP contribution in [0.15, 0.2) is 84.6 Å². The van der Waals surface area contributed by atoms with Crippen molar-refractivity contribution in [3.63, 3.8) is 0 Å². The minimum absolute atomic E-state index is 0.0847. The monoisotopic (exact) mass is 625 g/mol. The number of thiazole rings is 1. The van der Waals surface area contributed by atoms with Gasteiger partial charge in [0, 0.05) is 54.1 Å². The maximum atomic E-state index is 15.4. The number of carboxylic acids is 1. The molecule has 0 saturated heterocycles. The van der Waals surface area contributed by atoms with E-state index in [9.17, 15) is 14.7 Å². The number of ether oxygens (including phenoxy) is 2. The summed E-state index contributed by atoms with van der Waals surface area (Å²) in [5, 5.41) is 17.8. The number of hydrogen-bond donors (Lipinski definition) is 3. The van der Waals surface area contributed by atoms with E-state index < -0.39 is 17.3 Å². The van der Waals surface area contributed by atoms with E-state index in [1.807, 2.05) is 19.1 Å². The van der Waals surface area contributed by atoms with Gasteiger partial charge in [0.2, 0.25) is 5.91 Å². The molecule has 0 radical (unpaired) electrons. The van der Waals surface area contributed by atoms with Crippen molar-refractivity contribution in [3.05, 3.63) is 113 Å². The predicted molar refractivity (Wildman–Crippen MR) is 166 cm³/mol. The number of fused-ring (bicyclic) bond motifs is 1. The maximum Gasteiger partial charge on any atom is 0.335 e. The predicted octanol–water partition coefficient (Wildman–Crippen LogP) is 6.20. The number of anilines is 1. The van der Waals surface area contributed by atoms with Crippen LogP contribution < -0.4 is 20.1 Å². The molecule has 1 amide bonds. The zero-order chi connectivity index (χ0) is 31.4. The van der Waals surface area contributed by atoms with Crippen LogP contribution in [-0.4, -0.2) is 38.5 Å². The summed E-state index contributed by atoms with van der Waals surface area (Å²) in [6.07, 6.45) is 5.72. The van der Waals surface area contributed by atoms with Gasteiger partial charge in [-0.25, -0.2) is 24.1 Å². The Labute approximate surface area is 261 Å². The standard InChI is InChI=1S/C33H28FN5O5S/c1-33(18-30(40)39-32-37-13-14-45-32)25-17-28(27(15-22(25)9-12-38-33)43-19-29-35-10-2-11-36-29)44-23-7-8-24(26(34)16-23)20-3-5-21(6-4-20)31(41)42/h2-8,10-11,13-17,38H,9,12,18-19H2,1H3,(H,41,42)(H,37,39,40). The van der Waals surface area contributed by atoms with Crippen molar-refractivity contribution in [2.75, 3.05) is 11.9 Å². The number of nitrogens with one attached hydrogen (secondary N) is 2. The number of hydrogen-bond acceptors (Lipinski definition) is 9. The second-order valence-electron chi connectivity index (χ2n) is 10.6. The topological polar surface area (TPSA) is 136 Å². The summed E-state index contributed by atoms with van der Waals surface area (Å²) >= 11 is 1.34. The van der Waals surface area contributed by atoms with Gasteiger partial charge in [-0.05, 0) is 72.5 Å². The van der Waals surface area contributed by atoms with E-state index in [4.69, 9.17) is 9.47 Å². The van der Waals surface area contributed by atoms with E-state index in [-0.39, 0.29) is 30.2 Å². The molecule has 2 aromatic heterocycles. The molecule has 1 unspecified atom stereocenters. The van der Waals surface area contributed by atoms with Gasteiger partial charge in [-0.3, -0.25) is 4.79 Å². The highest BCUT2D eigenvalue weighted by atomic mass is 32.1. The molecule has 0 bridgehead atoms. The normalized spacial score (nSPS) is 15.6. The Hall–Kier alpha value is -5.20. The lowest BCUT2D eigenvalue weighted by Crippen LogP contribution is -2.47. The van der Waals surface area contributed by atoms with Gasteiger partial charge in [0.1, 0.15) is 18.2 Å². The number of carbonyl (C=O) groups excluding carboxylic acids is 1. The Morgan fingerprint density at radius 3 is 2.56 bits per heavy atom. The van der Waals surface area contributed by atoms with Gasteiger partial charge in [-0.1, -0.05) is 12.1 Å². The van der Waals surface area contributed by atoms with E-state index in [2.05, 4.69) is 25.6 Å². The maximum absolute atomic E-state index is 15.4. The Balaban J connectivity index is 1.31. The van der Waals surface area contributed by atoms with E-state index in [1.165, 1.54) is 29.5 Å². The van der Waals surface area contributed by atoms with Crippen LogP contribution in [0.1, 0.15) is 40.7 Å². The number of carbonyl (C=O) groups is 2. The summed E-state index contributed by atoms with van der Waals surface area (Å²) in [5.41, 5.74) is 2.05. The summed E-state index contributed by atoms with van der Waals surface area (Å²) in [6, 6.07) is 15.9. The molecule has 0 fully saturated rings. The molecule has 5 aromatic rings. The van der Waals surface area contributed by atoms with Crippen LogP contribution in [0.3, 0.4) is 0 Å². The molecule has 1 aliphatic heterocycles. The third-order valence-corrected chi connectivity index (χ3v) is 8.14. The number of aromatic carboxylic acids is 1. The van der Waals surface area contributed by atoms with E-state index in [0.717, 1.165) is 11.1 Å². The van der Waals surface area contributed by atoms with Crippen molar-refractivity contribution in [1.29, 1.82) is 0 Å². The molecular formula is C33H28FN5O5S. The van der Waals surface area contributed by atoms with Crippen molar-refractivity contribution >= 4 is 28.3 Å². The van der Waals surface area contributed by atoms with Crippen molar-refractivity contribution in [2.45, 2.75) is 31.9 Å². The molecule has 0 spiro atoms. The van der Waals surface area contributed by atoms with Gasteiger partial charge in [0.25, 0.3) is 0 Å². The molecule has 228 valence electrons. The highest BCUT2D eigenvalue weighted by Gasteiger charge is 2.35. The smallest absolute Gasteiger partial charge is 0.335 e. The molecule has 1 atom stereocenters. The second kappa shape index (κ2) is 12.8. The Morgan fingerprint density at radius 1 is 1.04 bits per heavy atom. The Kier molecular flexibility index (Phi) is 8.49. The average molecular weight is 626 g/mol. The van der Waals surface area contributed by atoms with Crippen molar-refractivity contribution in [3.8, 4) is 28.4 Å². The molecule has 3 aromatic carbocycles. The third-order valence-electron chi connectivity index (χ3n) is 7.45. The number of benzene rings is 3. The third kappa shape index (κ3) is 6.82. The summed E-state index contributed by atoms with van der Waals surface area (Å²) < 4.78 is 27.7. The number of carboxylic acid groups (broad SMARTS) is 1. The molecule has 0 aliphatic carbocycles. The van der Waals surface area contributed by atoms with E-state index in [1.54, 1.807) is 54.3 Å². The van der Waals surface area contributed by atoms with Crippen LogP contribution >= 0.6 is 11.3 Å². The van der Waals surface area contributed by atoms with E-state index >= 15 is 4.39 Å². The summed E-state index contributed by atoms with van der Waals surface area (Å²) in [4.78, 5) is 36.8. The zero-order valence-electron chi connectivity index (χ0n) is 24.1. The van der Waals surface area contributed by atoms with Crippen LogP contribution in [-0.2, 0) is 23.4 Å². The first-order chi connectivity index (χ1) is 21.8. The molecule has 12 heteroatoms. The Morgan fingerprint density at radius 2 is 1.84 bits per heavy atom. The van der Waals surface area contributed by atoms with Gasteiger partial charge < -0.3 is 25.2 Å². The van der Waals surface area contributed by atoms with Crippen LogP contribution in [0, 0.1) is 5.82 Å². The van der Waals surface area contributed by atoms with Crippen molar-refractivity contribution in [2.24, 2.45) is 0 Å². The van der Waals surface area contributed by atoms with Gasteiger partial charge in [-0.15, -0.1) is 11.3 Å². The van der Waals surface area contributed by atoms with E-state index in [0.29, 0.717) is 46.5 Å². The average Bonchev–Trinajstić information content (AvgIpc) is 3.54. The fraction of sp³-hybridized carbons (Fsp3) is 0.182. The fourth-order valence-electron chi connectivity index (χ4n) is 5.27. The first kappa shape index (κ1) is 29.9. The summed E-state index contributed by atoms with van der Waals surface area (Å²) in [6.45, 7) is 2.69. The SMILES string of the molecule is CC1(CC(=O)Nc2nccs2)NCCc2cc(OCc3ncccn3)c(Oc3ccc(-c4ccc(C(=O)O)cc4)c(F)c3)cc21. The lowest BCUT2D eigenvalue weighted by Gasteiger charge is -2.37. The fourth-order valence-corrected chi connectivity index (χ4v) is 5.82. The highest BCUT2D eigenvalue weighted by molar-refractivity contribution is 7.13. The summed E-state index contributed by atoms with van der Waals surface area (Å²) in [5.74, 6) is -0.324. The number of halogens is 1. The molecule has 3 N–H and O–H groups in total. The minimum atomic E-state index is -1.06. The quantitative estimate of drug-likeness (QED) is 0.166. The number of amides is 1. The van der Waals surface area contributed by atoms with Crippen LogP contribution in [0.4, 0.5) is 9.52 Å². The van der Waals surface area contributed by atoms with Gasteiger partial charge in [-0.2, -0.15) is 0 Å². The van der Waals surface area contributed by atoms with Gasteiger partial charge in [0.05, 0.1) is 5.56 Å². The highest BCUT2D eigenvalue weighted by Crippen LogP contribution is 2.42. The minimum Gasteiger partial charge on any atom is -0.482 e. The molecule has 1 aliphatic rings. The van der Waals surface area contributed by atoms with Crippen molar-refractivity contribution < 1.29 is 28.6 Å². The molecule has 6 rings (SSSR count). The lowest BCUT2D eigenvalue weighted by atomic mass is 9.81. The zero-order valence-corrected chi connectivity index (χ0v) is 24.9.